The summed E-state index contributed by atoms with van der Waals surface area (Å²) in [7, 11) is 0. The molecular weight excluding hydrogens is 552 g/mol. The van der Waals surface area contributed by atoms with E-state index in [0.717, 1.165) is 0 Å². The number of rotatable bonds is 20. The second kappa shape index (κ2) is 15.5. The Kier molecular flexibility index (Phi) is 15.0. The van der Waals surface area contributed by atoms with Gasteiger partial charge in [0.1, 0.15) is 6.61 Å². The van der Waals surface area contributed by atoms with Crippen LogP contribution in [0.5, 0.6) is 0 Å². The molecule has 0 aliphatic carbocycles. The molecule has 0 spiro atoms. The van der Waals surface area contributed by atoms with Crippen molar-refractivity contribution < 1.29 is 81.8 Å². The van der Waals surface area contributed by atoms with E-state index >= 15 is 0 Å². The minimum absolute atomic E-state index is 0.133. The average Bonchev–Trinajstić information content (AvgIpc) is 2.73. The maximum absolute atomic E-state index is 13.4. The van der Waals surface area contributed by atoms with Crippen molar-refractivity contribution in [3.8, 4) is 0 Å². The van der Waals surface area contributed by atoms with Gasteiger partial charge in [-0.15, -0.1) is 0 Å². The first-order valence-corrected chi connectivity index (χ1v) is 10.6. The van der Waals surface area contributed by atoms with Crippen molar-refractivity contribution in [1.82, 2.24) is 0 Å². The van der Waals surface area contributed by atoms with Gasteiger partial charge in [-0.3, -0.25) is 0 Å². The molecule has 0 amide bonds. The number of ether oxygens (including phenoxy) is 4. The maximum Gasteiger partial charge on any atom is 0.453 e. The number of aliphatic hydroxyl groups excluding tert-OH is 2. The topological polar surface area (TPSA) is 77.4 Å². The van der Waals surface area contributed by atoms with Crippen molar-refractivity contribution >= 4 is 0 Å². The van der Waals surface area contributed by atoms with E-state index in [1.165, 1.54) is 0 Å². The molecule has 0 saturated carbocycles. The quantitative estimate of drug-likeness (QED) is 0.167. The first-order chi connectivity index (χ1) is 16.8. The van der Waals surface area contributed by atoms with Gasteiger partial charge in [0.2, 0.25) is 0 Å². The van der Waals surface area contributed by atoms with E-state index in [1.807, 2.05) is 0 Å². The van der Waals surface area contributed by atoms with Crippen LogP contribution in [0.2, 0.25) is 0 Å². The summed E-state index contributed by atoms with van der Waals surface area (Å²) in [6.45, 7) is -5.69. The molecule has 0 rings (SSSR count). The minimum atomic E-state index is -6.15. The smallest absolute Gasteiger partial charge is 0.396 e. The number of alkyl halides is 12. The number of halogens is 12. The van der Waals surface area contributed by atoms with Crippen LogP contribution >= 0.6 is 0 Å². The maximum atomic E-state index is 13.4. The van der Waals surface area contributed by atoms with Crippen molar-refractivity contribution in [1.29, 1.82) is 0 Å². The zero-order chi connectivity index (χ0) is 29.0. The molecule has 37 heavy (non-hydrogen) atoms. The van der Waals surface area contributed by atoms with Crippen LogP contribution < -0.4 is 0 Å². The fourth-order valence-corrected chi connectivity index (χ4v) is 2.37. The molecular formula is C19H28F12O6. The highest BCUT2D eigenvalue weighted by molar-refractivity contribution is 4.83. The summed E-state index contributed by atoms with van der Waals surface area (Å²) in [4.78, 5) is 0. The fourth-order valence-electron chi connectivity index (χ4n) is 2.37. The summed E-state index contributed by atoms with van der Waals surface area (Å²) in [5, 5.41) is 18.3. The molecule has 0 heterocycles. The zero-order valence-electron chi connectivity index (χ0n) is 19.2. The van der Waals surface area contributed by atoms with Gasteiger partial charge in [0.25, 0.3) is 5.92 Å². The van der Waals surface area contributed by atoms with Gasteiger partial charge >= 0.3 is 24.2 Å². The van der Waals surface area contributed by atoms with Crippen LogP contribution in [0.3, 0.4) is 0 Å². The van der Waals surface area contributed by atoms with E-state index in [9.17, 15) is 52.7 Å². The summed E-state index contributed by atoms with van der Waals surface area (Å²) in [6.07, 6.45) is -16.3. The SMILES string of the molecule is OCC(COCCOCC(CO)COCC(F)(F)CC(F)(F)C(F)(F)F)COCCC(F)(F)C(F)(F)F. The van der Waals surface area contributed by atoms with Crippen molar-refractivity contribution in [2.75, 3.05) is 66.1 Å². The number of aliphatic hydroxyl groups is 2. The summed E-state index contributed by atoms with van der Waals surface area (Å²) < 4.78 is 169. The van der Waals surface area contributed by atoms with E-state index in [2.05, 4.69) is 4.74 Å². The Hall–Kier alpha value is -1.08. The Morgan fingerprint density at radius 3 is 1.27 bits per heavy atom. The average molecular weight is 580 g/mol. The van der Waals surface area contributed by atoms with Gasteiger partial charge in [-0.2, -0.15) is 43.9 Å². The van der Waals surface area contributed by atoms with Crippen molar-refractivity contribution in [3.05, 3.63) is 0 Å². The largest absolute Gasteiger partial charge is 0.453 e. The monoisotopic (exact) mass is 580 g/mol. The van der Waals surface area contributed by atoms with E-state index in [4.69, 9.17) is 24.4 Å². The highest BCUT2D eigenvalue weighted by Crippen LogP contribution is 2.42. The van der Waals surface area contributed by atoms with Gasteiger partial charge in [0, 0.05) is 18.3 Å². The predicted octanol–water partition coefficient (Wildman–Crippen LogP) is 4.08. The van der Waals surface area contributed by atoms with Gasteiger partial charge in [-0.1, -0.05) is 0 Å². The van der Waals surface area contributed by atoms with Gasteiger partial charge < -0.3 is 29.2 Å². The van der Waals surface area contributed by atoms with Crippen LogP contribution in [-0.4, -0.2) is 106 Å². The second-order valence-corrected chi connectivity index (χ2v) is 8.02. The molecule has 224 valence electrons. The Morgan fingerprint density at radius 2 is 0.892 bits per heavy atom. The molecule has 18 heteroatoms. The molecule has 6 nitrogen and oxygen atoms in total. The van der Waals surface area contributed by atoms with Crippen molar-refractivity contribution in [2.24, 2.45) is 11.8 Å². The van der Waals surface area contributed by atoms with Crippen LogP contribution in [0.15, 0.2) is 0 Å². The Balaban J connectivity index is 4.11. The molecule has 0 aromatic carbocycles. The third-order valence-electron chi connectivity index (χ3n) is 4.49. The number of hydrogen-bond acceptors (Lipinski definition) is 6. The third-order valence-corrected chi connectivity index (χ3v) is 4.49. The minimum Gasteiger partial charge on any atom is -0.396 e. The van der Waals surface area contributed by atoms with Gasteiger partial charge in [0.05, 0.1) is 65.9 Å². The third kappa shape index (κ3) is 14.6. The lowest BCUT2D eigenvalue weighted by molar-refractivity contribution is -0.303. The van der Waals surface area contributed by atoms with Crippen LogP contribution in [0, 0.1) is 11.8 Å². The Morgan fingerprint density at radius 1 is 0.514 bits per heavy atom. The Labute approximate surface area is 203 Å². The molecule has 2 N–H and O–H groups in total. The lowest BCUT2D eigenvalue weighted by Gasteiger charge is -2.25. The summed E-state index contributed by atoms with van der Waals surface area (Å²) in [5.41, 5.74) is 0. The van der Waals surface area contributed by atoms with Gasteiger partial charge in [-0.05, 0) is 0 Å². The fraction of sp³-hybridized carbons (Fsp3) is 1.00. The molecule has 0 aliphatic heterocycles. The molecule has 0 aromatic heterocycles. The van der Waals surface area contributed by atoms with E-state index in [-0.39, 0.29) is 33.0 Å². The molecule has 2 unspecified atom stereocenters. The highest BCUT2D eigenvalue weighted by Gasteiger charge is 2.61. The zero-order valence-corrected chi connectivity index (χ0v) is 19.2. The molecule has 2 atom stereocenters. The predicted molar refractivity (Wildman–Crippen MR) is 101 cm³/mol. The molecule has 0 saturated heterocycles. The molecule has 0 bridgehead atoms. The van der Waals surface area contributed by atoms with E-state index < -0.39 is 87.8 Å². The molecule has 0 aromatic rings. The van der Waals surface area contributed by atoms with E-state index in [1.54, 1.807) is 0 Å². The normalized spacial score (nSPS) is 15.7. The van der Waals surface area contributed by atoms with Gasteiger partial charge in [-0.25, -0.2) is 8.78 Å². The lowest BCUT2D eigenvalue weighted by Crippen LogP contribution is -2.43. The summed E-state index contributed by atoms with van der Waals surface area (Å²) >= 11 is 0. The van der Waals surface area contributed by atoms with Crippen LogP contribution in [0.4, 0.5) is 52.7 Å². The van der Waals surface area contributed by atoms with Crippen LogP contribution in [-0.2, 0) is 18.9 Å². The van der Waals surface area contributed by atoms with Crippen LogP contribution in [0.1, 0.15) is 12.8 Å². The second-order valence-electron chi connectivity index (χ2n) is 8.02. The standard InChI is InChI=1S/C19H28F12O6/c20-15(21,11-17(24,25)19(29,30)31)12-37-10-14(6-33)9-36-4-3-35-8-13(5-32)7-34-2-1-16(22,23)18(26,27)28/h13-14,32-33H,1-12H2. The van der Waals surface area contributed by atoms with Crippen LogP contribution in [0.25, 0.3) is 0 Å². The summed E-state index contributed by atoms with van der Waals surface area (Å²) in [6, 6.07) is 0. The van der Waals surface area contributed by atoms with Gasteiger partial charge in [0.15, 0.2) is 0 Å². The Bertz CT molecular complexity index is 615. The molecule has 0 aliphatic rings. The van der Waals surface area contributed by atoms with Crippen molar-refractivity contribution in [2.45, 2.75) is 43.0 Å². The lowest BCUT2D eigenvalue weighted by atomic mass is 10.1. The highest BCUT2D eigenvalue weighted by atomic mass is 19.4. The first kappa shape index (κ1) is 35.9. The van der Waals surface area contributed by atoms with Crippen molar-refractivity contribution in [3.63, 3.8) is 0 Å². The first-order valence-electron chi connectivity index (χ1n) is 10.6. The summed E-state index contributed by atoms with van der Waals surface area (Å²) in [5.74, 6) is -16.7. The number of hydrogen-bond donors (Lipinski definition) is 2. The molecule has 0 fully saturated rings. The molecule has 0 radical (unpaired) electrons. The van der Waals surface area contributed by atoms with E-state index in [0.29, 0.717) is 0 Å².